The summed E-state index contributed by atoms with van der Waals surface area (Å²) < 4.78 is 49.5. The molecule has 2 atom stereocenters. The highest BCUT2D eigenvalue weighted by Crippen LogP contribution is 2.44. The minimum absolute atomic E-state index is 0.236. The fourth-order valence-electron chi connectivity index (χ4n) is 2.86. The zero-order chi connectivity index (χ0) is 18.1. The molecule has 1 fully saturated rings. The van der Waals surface area contributed by atoms with E-state index in [4.69, 9.17) is 32.7 Å². The van der Waals surface area contributed by atoms with E-state index in [1.165, 1.54) is 17.3 Å². The summed E-state index contributed by atoms with van der Waals surface area (Å²) in [6, 6.07) is 4.92. The van der Waals surface area contributed by atoms with E-state index in [1.807, 2.05) is 0 Å². The zero-order valence-electron chi connectivity index (χ0n) is 12.8. The normalized spacial score (nSPS) is 24.0. The minimum atomic E-state index is -4.42. The third-order valence-corrected chi connectivity index (χ3v) is 4.43. The van der Waals surface area contributed by atoms with Gasteiger partial charge in [0.25, 0.3) is 0 Å². The van der Waals surface area contributed by atoms with Crippen LogP contribution in [0.5, 0.6) is 0 Å². The predicted octanol–water partition coefficient (Wildman–Crippen LogP) is 4.20. The van der Waals surface area contributed by atoms with Crippen molar-refractivity contribution >= 4 is 23.2 Å². The Hall–Kier alpha value is -1.35. The van der Waals surface area contributed by atoms with Crippen molar-refractivity contribution in [2.75, 3.05) is 6.61 Å². The maximum Gasteiger partial charge on any atom is 0.411 e. The maximum atomic E-state index is 12.4. The molecule has 3 rings (SSSR count). The second kappa shape index (κ2) is 7.11. The molecule has 0 spiro atoms. The van der Waals surface area contributed by atoms with Crippen LogP contribution >= 0.6 is 23.2 Å². The number of benzene rings is 1. The summed E-state index contributed by atoms with van der Waals surface area (Å²) in [4.78, 5) is 3.88. The first-order valence-corrected chi connectivity index (χ1v) is 8.17. The number of halogens is 5. The lowest BCUT2D eigenvalue weighted by atomic mass is 9.90. The third kappa shape index (κ3) is 4.44. The van der Waals surface area contributed by atoms with Crippen LogP contribution in [0, 0.1) is 0 Å². The second-order valence-electron chi connectivity index (χ2n) is 5.72. The maximum absolute atomic E-state index is 12.4. The molecule has 2 aromatic rings. The lowest BCUT2D eigenvalue weighted by Gasteiger charge is -2.30. The van der Waals surface area contributed by atoms with Gasteiger partial charge in [-0.3, -0.25) is 0 Å². The van der Waals surface area contributed by atoms with E-state index in [0.717, 1.165) is 0 Å². The van der Waals surface area contributed by atoms with Crippen LogP contribution in [0.2, 0.25) is 10.0 Å². The first kappa shape index (κ1) is 18.4. The molecule has 1 aliphatic heterocycles. The average Bonchev–Trinajstić information content (AvgIpc) is 3.15. The monoisotopic (exact) mass is 395 g/mol. The number of ether oxygens (including phenoxy) is 2. The van der Waals surface area contributed by atoms with Gasteiger partial charge >= 0.3 is 6.18 Å². The van der Waals surface area contributed by atoms with Crippen molar-refractivity contribution in [1.82, 2.24) is 14.8 Å². The molecule has 1 aliphatic rings. The Morgan fingerprint density at radius 2 is 2.16 bits per heavy atom. The Morgan fingerprint density at radius 3 is 2.80 bits per heavy atom. The molecule has 10 heteroatoms. The number of alkyl halides is 3. The van der Waals surface area contributed by atoms with Gasteiger partial charge in [0.1, 0.15) is 24.9 Å². The number of hydrogen-bond donors (Lipinski definition) is 0. The van der Waals surface area contributed by atoms with E-state index < -0.39 is 24.7 Å². The molecule has 0 bridgehead atoms. The van der Waals surface area contributed by atoms with Crippen molar-refractivity contribution in [3.63, 3.8) is 0 Å². The van der Waals surface area contributed by atoms with E-state index in [1.54, 1.807) is 18.2 Å². The van der Waals surface area contributed by atoms with Crippen molar-refractivity contribution in [2.24, 2.45) is 0 Å². The Bertz CT molecular complexity index is 727. The molecule has 1 aromatic carbocycles. The Kier molecular flexibility index (Phi) is 5.24. The van der Waals surface area contributed by atoms with Crippen molar-refractivity contribution in [3.8, 4) is 0 Å². The summed E-state index contributed by atoms with van der Waals surface area (Å²) in [5.41, 5.74) is -0.363. The fraction of sp³-hybridized carbons (Fsp3) is 0.467. The average molecular weight is 396 g/mol. The van der Waals surface area contributed by atoms with Gasteiger partial charge in [-0.2, -0.15) is 18.3 Å². The van der Waals surface area contributed by atoms with E-state index in [2.05, 4.69) is 10.1 Å². The molecule has 2 heterocycles. The highest BCUT2D eigenvalue weighted by atomic mass is 35.5. The van der Waals surface area contributed by atoms with Crippen LogP contribution in [-0.2, 0) is 21.6 Å². The van der Waals surface area contributed by atoms with Gasteiger partial charge in [-0.05, 0) is 18.6 Å². The molecule has 0 unspecified atom stereocenters. The highest BCUT2D eigenvalue weighted by molar-refractivity contribution is 6.35. The van der Waals surface area contributed by atoms with Gasteiger partial charge in [-0.15, -0.1) is 0 Å². The largest absolute Gasteiger partial charge is 0.411 e. The smallest absolute Gasteiger partial charge is 0.343 e. The summed E-state index contributed by atoms with van der Waals surface area (Å²) in [7, 11) is 0. The molecular weight excluding hydrogens is 382 g/mol. The first-order chi connectivity index (χ1) is 11.8. The SMILES string of the molecule is FC(F)(F)CO[C@H]1CC[C@@](Cn2cncn2)(c2ccc(Cl)cc2Cl)O1. The topological polar surface area (TPSA) is 49.2 Å². The zero-order valence-corrected chi connectivity index (χ0v) is 14.4. The van der Waals surface area contributed by atoms with Gasteiger partial charge in [0.15, 0.2) is 6.29 Å². The number of nitrogens with zero attached hydrogens (tertiary/aromatic N) is 3. The molecule has 1 saturated heterocycles. The van der Waals surface area contributed by atoms with Crippen LogP contribution in [0.25, 0.3) is 0 Å². The Morgan fingerprint density at radius 1 is 1.36 bits per heavy atom. The molecule has 0 aliphatic carbocycles. The molecule has 136 valence electrons. The molecule has 0 amide bonds. The summed E-state index contributed by atoms with van der Waals surface area (Å²) in [6.45, 7) is -1.13. The van der Waals surface area contributed by atoms with E-state index in [-0.39, 0.29) is 6.54 Å². The number of hydrogen-bond acceptors (Lipinski definition) is 4. The van der Waals surface area contributed by atoms with E-state index in [0.29, 0.717) is 28.5 Å². The summed E-state index contributed by atoms with van der Waals surface area (Å²) in [5.74, 6) is 0. The van der Waals surface area contributed by atoms with Crippen molar-refractivity contribution in [3.05, 3.63) is 46.5 Å². The van der Waals surface area contributed by atoms with Gasteiger partial charge in [0.05, 0.1) is 6.54 Å². The minimum Gasteiger partial charge on any atom is -0.343 e. The fourth-order valence-corrected chi connectivity index (χ4v) is 3.44. The summed E-state index contributed by atoms with van der Waals surface area (Å²) >= 11 is 12.2. The van der Waals surface area contributed by atoms with Gasteiger partial charge in [-0.25, -0.2) is 9.67 Å². The molecule has 0 saturated carbocycles. The molecule has 0 radical (unpaired) electrons. The standard InChI is InChI=1S/C15H14Cl2F3N3O2/c16-10-1-2-11(12(17)5-10)14(6-23-9-21-8-22-23)4-3-13(25-14)24-7-15(18,19)20/h1-2,5,8-9,13H,3-4,6-7H2/t13-,14-/m1/s1. The Balaban J connectivity index is 1.86. The second-order valence-corrected chi connectivity index (χ2v) is 6.57. The number of aromatic nitrogens is 3. The first-order valence-electron chi connectivity index (χ1n) is 7.42. The summed E-state index contributed by atoms with van der Waals surface area (Å²) in [6.07, 6.45) is -1.83. The van der Waals surface area contributed by atoms with Crippen LogP contribution < -0.4 is 0 Å². The quantitative estimate of drug-likeness (QED) is 0.761. The van der Waals surface area contributed by atoms with Crippen molar-refractivity contribution in [2.45, 2.75) is 37.5 Å². The lowest BCUT2D eigenvalue weighted by Crippen LogP contribution is -2.34. The van der Waals surface area contributed by atoms with Crippen molar-refractivity contribution in [1.29, 1.82) is 0 Å². The Labute approximate surface area is 151 Å². The number of rotatable bonds is 5. The van der Waals surface area contributed by atoms with Crippen molar-refractivity contribution < 1.29 is 22.6 Å². The van der Waals surface area contributed by atoms with Gasteiger partial charge in [0, 0.05) is 22.0 Å². The molecule has 1 aromatic heterocycles. The summed E-state index contributed by atoms with van der Waals surface area (Å²) in [5, 5.41) is 4.86. The van der Waals surface area contributed by atoms with E-state index in [9.17, 15) is 13.2 Å². The van der Waals surface area contributed by atoms with Crippen LogP contribution in [-0.4, -0.2) is 33.8 Å². The third-order valence-electron chi connectivity index (χ3n) is 3.88. The predicted molar refractivity (Wildman–Crippen MR) is 84.3 cm³/mol. The lowest BCUT2D eigenvalue weighted by molar-refractivity contribution is -0.239. The highest BCUT2D eigenvalue weighted by Gasteiger charge is 2.45. The van der Waals surface area contributed by atoms with E-state index >= 15 is 0 Å². The van der Waals surface area contributed by atoms with Crippen LogP contribution in [0.15, 0.2) is 30.9 Å². The van der Waals surface area contributed by atoms with Crippen LogP contribution in [0.1, 0.15) is 18.4 Å². The molecular formula is C15H14Cl2F3N3O2. The van der Waals surface area contributed by atoms with Gasteiger partial charge in [0.2, 0.25) is 0 Å². The molecule has 0 N–H and O–H groups in total. The van der Waals surface area contributed by atoms with Gasteiger partial charge in [-0.1, -0.05) is 29.3 Å². The molecule has 5 nitrogen and oxygen atoms in total. The van der Waals surface area contributed by atoms with Crippen LogP contribution in [0.4, 0.5) is 13.2 Å². The van der Waals surface area contributed by atoms with Gasteiger partial charge < -0.3 is 9.47 Å². The molecule has 25 heavy (non-hydrogen) atoms. The van der Waals surface area contributed by atoms with Crippen LogP contribution in [0.3, 0.4) is 0 Å².